The van der Waals surface area contributed by atoms with Crippen LogP contribution in [0.2, 0.25) is 0 Å². The van der Waals surface area contributed by atoms with Gasteiger partial charge in [0.15, 0.2) is 0 Å². The van der Waals surface area contributed by atoms with Crippen LogP contribution in [-0.2, 0) is 7.05 Å². The molecule has 0 saturated carbocycles. The first-order valence-electron chi connectivity index (χ1n) is 5.22. The Bertz CT molecular complexity index is 605. The van der Waals surface area contributed by atoms with Gasteiger partial charge >= 0.3 is 6.36 Å². The summed E-state index contributed by atoms with van der Waals surface area (Å²) in [5.41, 5.74) is 1.12. The maximum atomic E-state index is 12.2. The number of alkyl halides is 3. The van der Waals surface area contributed by atoms with E-state index in [1.54, 1.807) is 13.2 Å². The minimum absolute atomic E-state index is 0.0978. The van der Waals surface area contributed by atoms with Gasteiger partial charge in [0.05, 0.1) is 6.20 Å². The lowest BCUT2D eigenvalue weighted by atomic mass is 10.1. The number of hydrogen-bond donors (Lipinski definition) is 0. The Morgan fingerprint density at radius 1 is 1.26 bits per heavy atom. The number of benzene rings is 1. The molecule has 1 aromatic heterocycles. The number of halogens is 3. The summed E-state index contributed by atoms with van der Waals surface area (Å²) in [6.45, 7) is 0. The second-order valence-electron chi connectivity index (χ2n) is 3.86. The third-order valence-corrected chi connectivity index (χ3v) is 2.34. The number of aldehydes is 1. The molecule has 0 fully saturated rings. The van der Waals surface area contributed by atoms with Gasteiger partial charge in [0.2, 0.25) is 0 Å². The van der Waals surface area contributed by atoms with Crippen LogP contribution in [0.1, 0.15) is 10.4 Å². The monoisotopic (exact) mass is 270 g/mol. The van der Waals surface area contributed by atoms with Crippen LogP contribution < -0.4 is 4.74 Å². The molecule has 4 nitrogen and oxygen atoms in total. The van der Waals surface area contributed by atoms with E-state index < -0.39 is 12.1 Å². The van der Waals surface area contributed by atoms with Crippen molar-refractivity contribution in [3.63, 3.8) is 0 Å². The Balaban J connectivity index is 2.44. The fraction of sp³-hybridized carbons (Fsp3) is 0.167. The molecule has 0 aliphatic carbocycles. The van der Waals surface area contributed by atoms with Crippen LogP contribution in [0.4, 0.5) is 13.2 Å². The largest absolute Gasteiger partial charge is 0.573 e. The molecule has 19 heavy (non-hydrogen) atoms. The Hall–Kier alpha value is -2.31. The number of carbonyl (C=O) groups excluding carboxylic acids is 1. The molecule has 1 heterocycles. The summed E-state index contributed by atoms with van der Waals surface area (Å²) in [6, 6.07) is 3.70. The second-order valence-corrected chi connectivity index (χ2v) is 3.86. The van der Waals surface area contributed by atoms with E-state index in [4.69, 9.17) is 0 Å². The van der Waals surface area contributed by atoms with Crippen LogP contribution >= 0.6 is 0 Å². The molecule has 0 atom stereocenters. The summed E-state index contributed by atoms with van der Waals surface area (Å²) < 4.78 is 41.9. The van der Waals surface area contributed by atoms with Crippen LogP contribution in [0, 0.1) is 0 Å². The van der Waals surface area contributed by atoms with Crippen LogP contribution in [0.15, 0.2) is 30.6 Å². The van der Waals surface area contributed by atoms with Gasteiger partial charge in [-0.25, -0.2) is 0 Å². The minimum Gasteiger partial charge on any atom is -0.406 e. The predicted molar refractivity (Wildman–Crippen MR) is 60.7 cm³/mol. The van der Waals surface area contributed by atoms with Crippen LogP contribution in [0.25, 0.3) is 11.1 Å². The summed E-state index contributed by atoms with van der Waals surface area (Å²) in [5, 5.41) is 3.92. The molecule has 0 aliphatic rings. The SMILES string of the molecule is Cn1cc(-c2cc(C=O)cc(OC(F)(F)F)c2)cn1. The van der Waals surface area contributed by atoms with E-state index in [-0.39, 0.29) is 5.56 Å². The molecular weight excluding hydrogens is 261 g/mol. The van der Waals surface area contributed by atoms with E-state index in [0.717, 1.165) is 6.07 Å². The molecule has 2 aromatic rings. The highest BCUT2D eigenvalue weighted by Gasteiger charge is 2.31. The van der Waals surface area contributed by atoms with E-state index in [1.165, 1.54) is 23.0 Å². The van der Waals surface area contributed by atoms with Gasteiger partial charge in [0, 0.05) is 24.4 Å². The summed E-state index contributed by atoms with van der Waals surface area (Å²) in [5.74, 6) is -0.434. The summed E-state index contributed by atoms with van der Waals surface area (Å²) in [7, 11) is 1.68. The number of aromatic nitrogens is 2. The molecule has 0 aliphatic heterocycles. The van der Waals surface area contributed by atoms with E-state index in [0.29, 0.717) is 17.4 Å². The van der Waals surface area contributed by atoms with Crippen molar-refractivity contribution in [2.45, 2.75) is 6.36 Å². The maximum absolute atomic E-state index is 12.2. The molecule has 0 saturated heterocycles. The number of carbonyl (C=O) groups is 1. The minimum atomic E-state index is -4.80. The molecule has 0 spiro atoms. The molecule has 100 valence electrons. The van der Waals surface area contributed by atoms with E-state index >= 15 is 0 Å². The summed E-state index contributed by atoms with van der Waals surface area (Å²) >= 11 is 0. The molecule has 0 radical (unpaired) electrons. The molecule has 0 unspecified atom stereocenters. The Kier molecular flexibility index (Phi) is 3.28. The number of hydrogen-bond acceptors (Lipinski definition) is 3. The number of rotatable bonds is 3. The number of ether oxygens (including phenoxy) is 1. The Morgan fingerprint density at radius 3 is 2.53 bits per heavy atom. The molecule has 0 bridgehead atoms. The number of aryl methyl sites for hydroxylation is 1. The van der Waals surface area contributed by atoms with Crippen molar-refractivity contribution in [1.82, 2.24) is 9.78 Å². The van der Waals surface area contributed by atoms with Gasteiger partial charge in [-0.1, -0.05) is 0 Å². The van der Waals surface area contributed by atoms with Crippen molar-refractivity contribution < 1.29 is 22.7 Å². The van der Waals surface area contributed by atoms with Crippen molar-refractivity contribution in [2.75, 3.05) is 0 Å². The standard InChI is InChI=1S/C12H9F3N2O2/c1-17-6-10(5-16-17)9-2-8(7-18)3-11(4-9)19-12(13,14)15/h2-7H,1H3. The van der Waals surface area contributed by atoms with Crippen LogP contribution in [0.5, 0.6) is 5.75 Å². The second kappa shape index (κ2) is 4.75. The zero-order chi connectivity index (χ0) is 14.0. The lowest BCUT2D eigenvalue weighted by molar-refractivity contribution is -0.274. The topological polar surface area (TPSA) is 44.1 Å². The smallest absolute Gasteiger partial charge is 0.406 e. The van der Waals surface area contributed by atoms with Crippen molar-refractivity contribution >= 4 is 6.29 Å². The zero-order valence-corrected chi connectivity index (χ0v) is 9.81. The van der Waals surface area contributed by atoms with E-state index in [1.807, 2.05) is 0 Å². The van der Waals surface area contributed by atoms with Crippen LogP contribution in [0.3, 0.4) is 0 Å². The lowest BCUT2D eigenvalue weighted by Crippen LogP contribution is -2.17. The first-order chi connectivity index (χ1) is 8.87. The molecule has 0 N–H and O–H groups in total. The van der Waals surface area contributed by atoms with Crippen molar-refractivity contribution in [3.8, 4) is 16.9 Å². The normalized spacial score (nSPS) is 11.4. The highest BCUT2D eigenvalue weighted by Crippen LogP contribution is 2.29. The van der Waals surface area contributed by atoms with Gasteiger partial charge in [-0.3, -0.25) is 9.48 Å². The molecule has 2 rings (SSSR count). The van der Waals surface area contributed by atoms with Crippen molar-refractivity contribution in [3.05, 3.63) is 36.2 Å². The molecular formula is C12H9F3N2O2. The number of nitrogens with zero attached hydrogens (tertiary/aromatic N) is 2. The quantitative estimate of drug-likeness (QED) is 0.805. The van der Waals surface area contributed by atoms with Gasteiger partial charge in [-0.2, -0.15) is 5.10 Å². The predicted octanol–water partition coefficient (Wildman–Crippen LogP) is 2.80. The Morgan fingerprint density at radius 2 is 2.00 bits per heavy atom. The average molecular weight is 270 g/mol. The highest BCUT2D eigenvalue weighted by molar-refractivity contribution is 5.80. The van der Waals surface area contributed by atoms with Gasteiger partial charge < -0.3 is 4.74 Å². The molecule has 7 heteroatoms. The van der Waals surface area contributed by atoms with E-state index in [9.17, 15) is 18.0 Å². The average Bonchev–Trinajstić information content (AvgIpc) is 2.73. The van der Waals surface area contributed by atoms with Crippen molar-refractivity contribution in [2.24, 2.45) is 7.05 Å². The first-order valence-corrected chi connectivity index (χ1v) is 5.22. The summed E-state index contributed by atoms with van der Waals surface area (Å²) in [6.07, 6.45) is -1.22. The fourth-order valence-electron chi connectivity index (χ4n) is 1.62. The lowest BCUT2D eigenvalue weighted by Gasteiger charge is -2.10. The molecule has 0 amide bonds. The van der Waals surface area contributed by atoms with Gasteiger partial charge in [0.25, 0.3) is 0 Å². The van der Waals surface area contributed by atoms with Gasteiger partial charge in [-0.05, 0) is 23.8 Å². The van der Waals surface area contributed by atoms with E-state index in [2.05, 4.69) is 9.84 Å². The Labute approximate surface area is 106 Å². The third-order valence-electron chi connectivity index (χ3n) is 2.34. The summed E-state index contributed by atoms with van der Waals surface area (Å²) in [4.78, 5) is 10.8. The zero-order valence-electron chi connectivity index (χ0n) is 9.81. The first kappa shape index (κ1) is 13.1. The van der Waals surface area contributed by atoms with Crippen LogP contribution in [-0.4, -0.2) is 22.4 Å². The van der Waals surface area contributed by atoms with Crippen molar-refractivity contribution in [1.29, 1.82) is 0 Å². The fourth-order valence-corrected chi connectivity index (χ4v) is 1.62. The molecule has 1 aromatic carbocycles. The van der Waals surface area contributed by atoms with Gasteiger partial charge in [0.1, 0.15) is 12.0 Å². The highest BCUT2D eigenvalue weighted by atomic mass is 19.4. The maximum Gasteiger partial charge on any atom is 0.573 e. The third kappa shape index (κ3) is 3.34. The van der Waals surface area contributed by atoms with Gasteiger partial charge in [-0.15, -0.1) is 13.2 Å².